The molecule has 2 aromatic carbocycles. The molecule has 0 aromatic heterocycles. The summed E-state index contributed by atoms with van der Waals surface area (Å²) in [5.74, 6) is 0.874. The van der Waals surface area contributed by atoms with Crippen molar-refractivity contribution >= 4 is 23.2 Å². The van der Waals surface area contributed by atoms with E-state index in [9.17, 15) is 9.59 Å². The van der Waals surface area contributed by atoms with Gasteiger partial charge in [0.2, 0.25) is 17.6 Å². The number of amides is 2. The molecule has 0 radical (unpaired) electrons. The zero-order chi connectivity index (χ0) is 20.5. The second-order valence-corrected chi connectivity index (χ2v) is 7.00. The predicted octanol–water partition coefficient (Wildman–Crippen LogP) is 2.98. The number of ether oxygens (including phenoxy) is 3. The molecule has 0 fully saturated rings. The smallest absolute Gasteiger partial charge is 0.244 e. The molecule has 2 amide bonds. The number of methoxy groups -OCH3 is 3. The summed E-state index contributed by atoms with van der Waals surface area (Å²) in [6, 6.07) is 10.8. The van der Waals surface area contributed by atoms with Gasteiger partial charge in [0.25, 0.3) is 0 Å². The Morgan fingerprint density at radius 3 is 2.21 bits per heavy atom. The van der Waals surface area contributed by atoms with Crippen LogP contribution in [-0.4, -0.2) is 39.7 Å². The summed E-state index contributed by atoms with van der Waals surface area (Å²) < 4.78 is 15.9. The van der Waals surface area contributed by atoms with E-state index >= 15 is 0 Å². The van der Waals surface area contributed by atoms with Crippen molar-refractivity contribution in [2.24, 2.45) is 0 Å². The Kier molecular flexibility index (Phi) is 5.18. The first-order chi connectivity index (χ1) is 13.3. The highest BCUT2D eigenvalue weighted by atomic mass is 16.5. The molecular weight excluding hydrogens is 360 g/mol. The van der Waals surface area contributed by atoms with Crippen LogP contribution in [0.2, 0.25) is 0 Å². The van der Waals surface area contributed by atoms with E-state index in [1.54, 1.807) is 12.1 Å². The second-order valence-electron chi connectivity index (χ2n) is 7.00. The Balaban J connectivity index is 1.83. The van der Waals surface area contributed by atoms with Gasteiger partial charge in [0.1, 0.15) is 6.54 Å². The highest BCUT2D eigenvalue weighted by Crippen LogP contribution is 2.42. The number of hydrogen-bond donors (Lipinski definition) is 1. The lowest BCUT2D eigenvalue weighted by Crippen LogP contribution is -2.40. The van der Waals surface area contributed by atoms with Crippen molar-refractivity contribution in [2.45, 2.75) is 19.3 Å². The van der Waals surface area contributed by atoms with Gasteiger partial charge < -0.3 is 24.4 Å². The molecule has 0 atom stereocenters. The number of carbonyl (C=O) groups excluding carboxylic acids is 2. The summed E-state index contributed by atoms with van der Waals surface area (Å²) in [5.41, 5.74) is 1.50. The van der Waals surface area contributed by atoms with Crippen molar-refractivity contribution in [3.63, 3.8) is 0 Å². The topological polar surface area (TPSA) is 77.1 Å². The Morgan fingerprint density at radius 2 is 1.64 bits per heavy atom. The molecule has 148 valence electrons. The van der Waals surface area contributed by atoms with Gasteiger partial charge in [-0.3, -0.25) is 9.59 Å². The van der Waals surface area contributed by atoms with E-state index in [4.69, 9.17) is 14.2 Å². The Hall–Kier alpha value is -3.22. The molecule has 0 bridgehead atoms. The van der Waals surface area contributed by atoms with Crippen LogP contribution in [0.25, 0.3) is 0 Å². The minimum atomic E-state index is -0.663. The first-order valence-electron chi connectivity index (χ1n) is 8.84. The van der Waals surface area contributed by atoms with Gasteiger partial charge in [-0.2, -0.15) is 0 Å². The Bertz CT molecular complexity index is 898. The van der Waals surface area contributed by atoms with E-state index in [0.717, 1.165) is 11.3 Å². The fourth-order valence-corrected chi connectivity index (χ4v) is 3.45. The van der Waals surface area contributed by atoms with E-state index in [0.29, 0.717) is 22.9 Å². The summed E-state index contributed by atoms with van der Waals surface area (Å²) in [5, 5.41) is 2.80. The third-order valence-corrected chi connectivity index (χ3v) is 4.90. The van der Waals surface area contributed by atoms with Crippen LogP contribution in [0, 0.1) is 0 Å². The fraction of sp³-hybridized carbons (Fsp3) is 0.333. The minimum absolute atomic E-state index is 0.0874. The van der Waals surface area contributed by atoms with Gasteiger partial charge in [-0.1, -0.05) is 18.2 Å². The van der Waals surface area contributed by atoms with Gasteiger partial charge in [-0.05, 0) is 25.5 Å². The first-order valence-corrected chi connectivity index (χ1v) is 8.84. The summed E-state index contributed by atoms with van der Waals surface area (Å²) in [4.78, 5) is 27.0. The highest BCUT2D eigenvalue weighted by Gasteiger charge is 2.44. The molecule has 1 aliphatic rings. The molecule has 1 aliphatic heterocycles. The third-order valence-electron chi connectivity index (χ3n) is 4.90. The van der Waals surface area contributed by atoms with Crippen LogP contribution < -0.4 is 24.4 Å². The lowest BCUT2D eigenvalue weighted by molar-refractivity contribution is -0.124. The summed E-state index contributed by atoms with van der Waals surface area (Å²) in [6.45, 7) is 3.65. The lowest BCUT2D eigenvalue weighted by Gasteiger charge is -2.20. The van der Waals surface area contributed by atoms with E-state index in [1.165, 1.54) is 26.2 Å². The molecule has 7 nitrogen and oxygen atoms in total. The van der Waals surface area contributed by atoms with Gasteiger partial charge in [-0.25, -0.2) is 0 Å². The van der Waals surface area contributed by atoms with Gasteiger partial charge >= 0.3 is 0 Å². The molecule has 0 unspecified atom stereocenters. The molecule has 7 heteroatoms. The fourth-order valence-electron chi connectivity index (χ4n) is 3.45. The van der Waals surface area contributed by atoms with Crippen LogP contribution in [0.1, 0.15) is 19.4 Å². The second kappa shape index (κ2) is 7.42. The molecule has 28 heavy (non-hydrogen) atoms. The van der Waals surface area contributed by atoms with Crippen LogP contribution >= 0.6 is 0 Å². The van der Waals surface area contributed by atoms with Crippen molar-refractivity contribution in [2.75, 3.05) is 38.1 Å². The van der Waals surface area contributed by atoms with E-state index < -0.39 is 5.41 Å². The normalized spacial score (nSPS) is 14.5. The number of anilines is 2. The van der Waals surface area contributed by atoms with Gasteiger partial charge in [-0.15, -0.1) is 0 Å². The first kappa shape index (κ1) is 19.5. The quantitative estimate of drug-likeness (QED) is 0.829. The predicted molar refractivity (Wildman–Crippen MR) is 107 cm³/mol. The monoisotopic (exact) mass is 384 g/mol. The largest absolute Gasteiger partial charge is 0.493 e. The van der Waals surface area contributed by atoms with E-state index in [1.807, 2.05) is 38.1 Å². The standard InChI is InChI=1S/C21H24N2O5/c1-21(2)14-8-6-7-9-15(14)23(20(21)25)12-18(24)22-13-10-16(26-3)19(28-5)17(11-13)27-4/h6-11H,12H2,1-5H3,(H,22,24). The minimum Gasteiger partial charge on any atom is -0.493 e. The molecule has 0 spiro atoms. The number of carbonyl (C=O) groups is 2. The number of fused-ring (bicyclic) bond motifs is 1. The summed E-state index contributed by atoms with van der Waals surface area (Å²) in [7, 11) is 4.52. The zero-order valence-electron chi connectivity index (χ0n) is 16.7. The van der Waals surface area contributed by atoms with Crippen molar-refractivity contribution < 1.29 is 23.8 Å². The molecular formula is C21H24N2O5. The van der Waals surface area contributed by atoms with Crippen molar-refractivity contribution in [3.05, 3.63) is 42.0 Å². The maximum Gasteiger partial charge on any atom is 0.244 e. The molecule has 2 aromatic rings. The van der Waals surface area contributed by atoms with Crippen LogP contribution in [0.3, 0.4) is 0 Å². The number of benzene rings is 2. The molecule has 0 aliphatic carbocycles. The van der Waals surface area contributed by atoms with Crippen molar-refractivity contribution in [3.8, 4) is 17.2 Å². The number of nitrogens with zero attached hydrogens (tertiary/aromatic N) is 1. The Morgan fingerprint density at radius 1 is 1.04 bits per heavy atom. The molecule has 0 saturated carbocycles. The van der Waals surface area contributed by atoms with Crippen molar-refractivity contribution in [1.29, 1.82) is 0 Å². The van der Waals surface area contributed by atoms with Crippen LogP contribution in [0.5, 0.6) is 17.2 Å². The van der Waals surface area contributed by atoms with Gasteiger partial charge in [0, 0.05) is 23.5 Å². The average Bonchev–Trinajstić information content (AvgIpc) is 2.88. The lowest BCUT2D eigenvalue weighted by atomic mass is 9.86. The van der Waals surface area contributed by atoms with E-state index in [2.05, 4.69) is 5.32 Å². The number of para-hydroxylation sites is 1. The highest BCUT2D eigenvalue weighted by molar-refractivity contribution is 6.11. The number of nitrogens with one attached hydrogen (secondary N) is 1. The molecule has 3 rings (SSSR count). The Labute approximate surface area is 164 Å². The number of hydrogen-bond acceptors (Lipinski definition) is 5. The maximum atomic E-state index is 12.8. The van der Waals surface area contributed by atoms with Gasteiger partial charge in [0.15, 0.2) is 11.5 Å². The molecule has 1 N–H and O–H groups in total. The summed E-state index contributed by atoms with van der Waals surface area (Å²) in [6.07, 6.45) is 0. The molecule has 0 saturated heterocycles. The number of rotatable bonds is 6. The average molecular weight is 384 g/mol. The van der Waals surface area contributed by atoms with Crippen LogP contribution in [0.4, 0.5) is 11.4 Å². The molecule has 1 heterocycles. The van der Waals surface area contributed by atoms with E-state index in [-0.39, 0.29) is 18.4 Å². The van der Waals surface area contributed by atoms with Gasteiger partial charge in [0.05, 0.1) is 26.7 Å². The zero-order valence-corrected chi connectivity index (χ0v) is 16.7. The SMILES string of the molecule is COc1cc(NC(=O)CN2C(=O)C(C)(C)c3ccccc32)cc(OC)c1OC. The maximum absolute atomic E-state index is 12.8. The third kappa shape index (κ3) is 3.24. The summed E-state index contributed by atoms with van der Waals surface area (Å²) >= 11 is 0. The van der Waals surface area contributed by atoms with Crippen LogP contribution in [0.15, 0.2) is 36.4 Å². The van der Waals surface area contributed by atoms with Crippen LogP contribution in [-0.2, 0) is 15.0 Å². The van der Waals surface area contributed by atoms with Crippen molar-refractivity contribution in [1.82, 2.24) is 0 Å².